The lowest BCUT2D eigenvalue weighted by Gasteiger charge is -2.43. The minimum absolute atomic E-state index is 0.124. The molecule has 2 aliphatic rings. The SMILES string of the molecule is CC1(C)CN(C(=O)C2CCCCCC2)CC(CBr)O1. The number of hydrogen-bond donors (Lipinski definition) is 0. The number of alkyl halides is 1. The van der Waals surface area contributed by atoms with Crippen molar-refractivity contribution in [1.29, 1.82) is 0 Å². The first-order valence-electron chi connectivity index (χ1n) is 7.54. The minimum Gasteiger partial charge on any atom is -0.368 e. The van der Waals surface area contributed by atoms with Crippen LogP contribution in [0.5, 0.6) is 0 Å². The summed E-state index contributed by atoms with van der Waals surface area (Å²) >= 11 is 3.48. The number of rotatable bonds is 2. The van der Waals surface area contributed by atoms with Crippen LogP contribution in [0.4, 0.5) is 0 Å². The molecule has 2 fully saturated rings. The van der Waals surface area contributed by atoms with Gasteiger partial charge in [-0.3, -0.25) is 4.79 Å². The molecule has 0 bridgehead atoms. The largest absolute Gasteiger partial charge is 0.368 e. The Labute approximate surface area is 125 Å². The van der Waals surface area contributed by atoms with Crippen molar-refractivity contribution in [1.82, 2.24) is 4.90 Å². The average Bonchev–Trinajstić information content (AvgIpc) is 2.64. The smallest absolute Gasteiger partial charge is 0.225 e. The molecule has 110 valence electrons. The van der Waals surface area contributed by atoms with Gasteiger partial charge < -0.3 is 9.64 Å². The summed E-state index contributed by atoms with van der Waals surface area (Å²) in [5, 5.41) is 0.797. The summed E-state index contributed by atoms with van der Waals surface area (Å²) < 4.78 is 5.97. The fraction of sp³-hybridized carbons (Fsp3) is 0.933. The van der Waals surface area contributed by atoms with Gasteiger partial charge in [0.2, 0.25) is 5.91 Å². The van der Waals surface area contributed by atoms with E-state index in [9.17, 15) is 4.79 Å². The van der Waals surface area contributed by atoms with E-state index in [0.717, 1.165) is 31.3 Å². The van der Waals surface area contributed by atoms with E-state index in [2.05, 4.69) is 29.8 Å². The van der Waals surface area contributed by atoms with Gasteiger partial charge in [0.1, 0.15) is 0 Å². The number of halogens is 1. The standard InChI is InChI=1S/C15H26BrNO2/c1-15(2)11-17(10-13(9-16)19-15)14(18)12-7-5-3-4-6-8-12/h12-13H,3-11H2,1-2H3. The van der Waals surface area contributed by atoms with Crippen LogP contribution >= 0.6 is 15.9 Å². The quantitative estimate of drug-likeness (QED) is 0.573. The van der Waals surface area contributed by atoms with Crippen LogP contribution in [0.2, 0.25) is 0 Å². The Morgan fingerprint density at radius 1 is 1.26 bits per heavy atom. The Morgan fingerprint density at radius 2 is 1.89 bits per heavy atom. The Morgan fingerprint density at radius 3 is 2.47 bits per heavy atom. The first-order valence-corrected chi connectivity index (χ1v) is 8.66. The van der Waals surface area contributed by atoms with Crippen LogP contribution in [0.3, 0.4) is 0 Å². The van der Waals surface area contributed by atoms with Crippen LogP contribution < -0.4 is 0 Å². The molecule has 1 aliphatic carbocycles. The van der Waals surface area contributed by atoms with Crippen molar-refractivity contribution >= 4 is 21.8 Å². The third-order valence-electron chi connectivity index (χ3n) is 4.17. The highest BCUT2D eigenvalue weighted by Gasteiger charge is 2.37. The molecular formula is C15H26BrNO2. The number of carbonyl (C=O) groups excluding carboxylic acids is 1. The maximum atomic E-state index is 12.7. The fourth-order valence-electron chi connectivity index (χ4n) is 3.33. The molecule has 0 aromatic heterocycles. The van der Waals surface area contributed by atoms with Crippen LogP contribution in [0.15, 0.2) is 0 Å². The first kappa shape index (κ1) is 15.3. The summed E-state index contributed by atoms with van der Waals surface area (Å²) in [4.78, 5) is 14.8. The topological polar surface area (TPSA) is 29.5 Å². The van der Waals surface area contributed by atoms with Crippen molar-refractivity contribution in [2.45, 2.75) is 64.1 Å². The number of nitrogens with zero attached hydrogens (tertiary/aromatic N) is 1. The highest BCUT2D eigenvalue weighted by atomic mass is 79.9. The monoisotopic (exact) mass is 331 g/mol. The van der Waals surface area contributed by atoms with E-state index in [4.69, 9.17) is 4.74 Å². The van der Waals surface area contributed by atoms with Crippen LogP contribution in [0.1, 0.15) is 52.4 Å². The van der Waals surface area contributed by atoms with Gasteiger partial charge in [0.05, 0.1) is 11.7 Å². The summed E-state index contributed by atoms with van der Waals surface area (Å²) in [6, 6.07) is 0. The Bertz CT molecular complexity index is 311. The van der Waals surface area contributed by atoms with Crippen LogP contribution in [0, 0.1) is 5.92 Å². The molecule has 1 unspecified atom stereocenters. The van der Waals surface area contributed by atoms with E-state index < -0.39 is 0 Å². The molecular weight excluding hydrogens is 306 g/mol. The summed E-state index contributed by atoms with van der Waals surface area (Å²) in [6.07, 6.45) is 7.30. The third-order valence-corrected chi connectivity index (χ3v) is 4.89. The highest BCUT2D eigenvalue weighted by Crippen LogP contribution is 2.28. The second-order valence-corrected chi connectivity index (χ2v) is 7.21. The summed E-state index contributed by atoms with van der Waals surface area (Å²) in [5.41, 5.74) is -0.225. The zero-order valence-electron chi connectivity index (χ0n) is 12.2. The zero-order chi connectivity index (χ0) is 13.9. The first-order chi connectivity index (χ1) is 9.02. The van der Waals surface area contributed by atoms with Crippen LogP contribution in [-0.4, -0.2) is 40.9 Å². The maximum Gasteiger partial charge on any atom is 0.225 e. The van der Waals surface area contributed by atoms with Gasteiger partial charge in [-0.15, -0.1) is 0 Å². The highest BCUT2D eigenvalue weighted by molar-refractivity contribution is 9.09. The van der Waals surface area contributed by atoms with Gasteiger partial charge in [-0.2, -0.15) is 0 Å². The van der Waals surface area contributed by atoms with Crippen molar-refractivity contribution < 1.29 is 9.53 Å². The van der Waals surface area contributed by atoms with Gasteiger partial charge in [0.25, 0.3) is 0 Å². The Balaban J connectivity index is 2.00. The fourth-order valence-corrected chi connectivity index (χ4v) is 3.67. The predicted molar refractivity (Wildman–Crippen MR) is 80.5 cm³/mol. The molecule has 4 heteroatoms. The molecule has 0 spiro atoms. The average molecular weight is 332 g/mol. The lowest BCUT2D eigenvalue weighted by Crippen LogP contribution is -2.56. The van der Waals surface area contributed by atoms with E-state index >= 15 is 0 Å². The molecule has 1 aliphatic heterocycles. The van der Waals surface area contributed by atoms with E-state index in [1.807, 2.05) is 4.90 Å². The van der Waals surface area contributed by atoms with Crippen molar-refractivity contribution in [2.24, 2.45) is 5.92 Å². The molecule has 0 N–H and O–H groups in total. The van der Waals surface area contributed by atoms with Crippen molar-refractivity contribution in [3.05, 3.63) is 0 Å². The van der Waals surface area contributed by atoms with Gasteiger partial charge in [-0.1, -0.05) is 41.6 Å². The van der Waals surface area contributed by atoms with Gasteiger partial charge in [0.15, 0.2) is 0 Å². The molecule has 0 radical (unpaired) electrons. The molecule has 1 amide bonds. The van der Waals surface area contributed by atoms with Crippen molar-refractivity contribution in [2.75, 3.05) is 18.4 Å². The Hall–Kier alpha value is -0.0900. The molecule has 0 aromatic rings. The van der Waals surface area contributed by atoms with Crippen LogP contribution in [-0.2, 0) is 9.53 Å². The van der Waals surface area contributed by atoms with E-state index in [0.29, 0.717) is 5.91 Å². The van der Waals surface area contributed by atoms with E-state index in [1.54, 1.807) is 0 Å². The summed E-state index contributed by atoms with van der Waals surface area (Å²) in [6.45, 7) is 5.63. The zero-order valence-corrected chi connectivity index (χ0v) is 13.7. The second-order valence-electron chi connectivity index (χ2n) is 6.56. The predicted octanol–water partition coefficient (Wildman–Crippen LogP) is 3.36. The third kappa shape index (κ3) is 4.19. The number of carbonyl (C=O) groups is 1. The summed E-state index contributed by atoms with van der Waals surface area (Å²) in [7, 11) is 0. The molecule has 0 aromatic carbocycles. The molecule has 3 nitrogen and oxygen atoms in total. The van der Waals surface area contributed by atoms with Gasteiger partial charge in [0, 0.05) is 24.3 Å². The number of hydrogen-bond acceptors (Lipinski definition) is 2. The molecule has 1 atom stereocenters. The van der Waals surface area contributed by atoms with Crippen LogP contribution in [0.25, 0.3) is 0 Å². The molecule has 1 saturated heterocycles. The number of amides is 1. The van der Waals surface area contributed by atoms with Crippen molar-refractivity contribution in [3.63, 3.8) is 0 Å². The normalized spacial score (nSPS) is 29.0. The van der Waals surface area contributed by atoms with Crippen molar-refractivity contribution in [3.8, 4) is 0 Å². The van der Waals surface area contributed by atoms with Gasteiger partial charge >= 0.3 is 0 Å². The minimum atomic E-state index is -0.225. The lowest BCUT2D eigenvalue weighted by molar-refractivity contribution is -0.161. The molecule has 1 heterocycles. The number of ether oxygens (including phenoxy) is 1. The van der Waals surface area contributed by atoms with E-state index in [1.165, 1.54) is 25.7 Å². The van der Waals surface area contributed by atoms with E-state index in [-0.39, 0.29) is 17.6 Å². The second kappa shape index (κ2) is 6.57. The Kier molecular flexibility index (Phi) is 5.29. The maximum absolute atomic E-state index is 12.7. The molecule has 1 saturated carbocycles. The summed E-state index contributed by atoms with van der Waals surface area (Å²) in [5.74, 6) is 0.622. The van der Waals surface area contributed by atoms with Gasteiger partial charge in [-0.05, 0) is 26.7 Å². The molecule has 2 rings (SSSR count). The molecule has 19 heavy (non-hydrogen) atoms. The number of morpholine rings is 1. The van der Waals surface area contributed by atoms with Gasteiger partial charge in [-0.25, -0.2) is 0 Å². The lowest BCUT2D eigenvalue weighted by atomic mass is 9.96.